The van der Waals surface area contributed by atoms with Gasteiger partial charge in [0, 0.05) is 5.56 Å². The molecule has 0 heterocycles. The second-order valence-corrected chi connectivity index (χ2v) is 6.34. The van der Waals surface area contributed by atoms with E-state index in [4.69, 9.17) is 9.47 Å². The first-order valence-electron chi connectivity index (χ1n) is 9.01. The molecule has 27 heavy (non-hydrogen) atoms. The van der Waals surface area contributed by atoms with Crippen molar-refractivity contribution < 1.29 is 19.1 Å². The van der Waals surface area contributed by atoms with Gasteiger partial charge in [-0.3, -0.25) is 20.4 Å². The Morgan fingerprint density at radius 2 is 1.67 bits per heavy atom. The molecule has 0 saturated heterocycles. The third kappa shape index (κ3) is 7.01. The molecule has 0 spiro atoms. The lowest BCUT2D eigenvalue weighted by Gasteiger charge is -2.11. The third-order valence-electron chi connectivity index (χ3n) is 3.74. The lowest BCUT2D eigenvalue weighted by atomic mass is 10.1. The number of hydrogen-bond donors (Lipinski definition) is 2. The van der Waals surface area contributed by atoms with Gasteiger partial charge in [-0.1, -0.05) is 25.5 Å². The summed E-state index contributed by atoms with van der Waals surface area (Å²) in [6.45, 7) is 6.41. The normalized spacial score (nSPS) is 10.2. The van der Waals surface area contributed by atoms with E-state index in [1.807, 2.05) is 32.0 Å². The van der Waals surface area contributed by atoms with E-state index in [-0.39, 0.29) is 6.61 Å². The maximum atomic E-state index is 12.2. The van der Waals surface area contributed by atoms with Crippen LogP contribution >= 0.6 is 0 Å². The van der Waals surface area contributed by atoms with Gasteiger partial charge in [-0.2, -0.15) is 0 Å². The average Bonchev–Trinajstić information content (AvgIpc) is 2.64. The van der Waals surface area contributed by atoms with E-state index in [2.05, 4.69) is 17.8 Å². The van der Waals surface area contributed by atoms with Gasteiger partial charge in [-0.25, -0.2) is 0 Å². The molecule has 6 heteroatoms. The predicted molar refractivity (Wildman–Crippen MR) is 104 cm³/mol. The first-order valence-corrected chi connectivity index (χ1v) is 9.01. The number of aryl methyl sites for hydroxylation is 2. The monoisotopic (exact) mass is 370 g/mol. The second-order valence-electron chi connectivity index (χ2n) is 6.34. The third-order valence-corrected chi connectivity index (χ3v) is 3.74. The average molecular weight is 370 g/mol. The smallest absolute Gasteiger partial charge is 0.276 e. The number of nitrogens with one attached hydrogen (secondary N) is 2. The lowest BCUT2D eigenvalue weighted by molar-refractivity contribution is -0.123. The molecule has 2 N–H and O–H groups in total. The Bertz CT molecular complexity index is 769. The first kappa shape index (κ1) is 20.3. The van der Waals surface area contributed by atoms with Gasteiger partial charge in [0.15, 0.2) is 6.61 Å². The molecular formula is C21H26N2O4. The van der Waals surface area contributed by atoms with Gasteiger partial charge >= 0.3 is 0 Å². The van der Waals surface area contributed by atoms with Crippen molar-refractivity contribution >= 4 is 11.8 Å². The van der Waals surface area contributed by atoms with Crippen molar-refractivity contribution in [3.8, 4) is 11.5 Å². The quantitative estimate of drug-likeness (QED) is 0.552. The van der Waals surface area contributed by atoms with E-state index in [0.717, 1.165) is 24.0 Å². The zero-order chi connectivity index (χ0) is 19.6. The summed E-state index contributed by atoms with van der Waals surface area (Å²) in [4.78, 5) is 24.1. The molecule has 0 atom stereocenters. The highest BCUT2D eigenvalue weighted by atomic mass is 16.5. The Morgan fingerprint density at radius 3 is 2.37 bits per heavy atom. The minimum Gasteiger partial charge on any atom is -0.494 e. The molecule has 0 aliphatic carbocycles. The summed E-state index contributed by atoms with van der Waals surface area (Å²) in [7, 11) is 0. The minimum atomic E-state index is -0.446. The molecule has 2 amide bonds. The lowest BCUT2D eigenvalue weighted by Crippen LogP contribution is -2.43. The largest absolute Gasteiger partial charge is 0.494 e. The maximum Gasteiger partial charge on any atom is 0.276 e. The number of benzene rings is 2. The number of hydrazine groups is 1. The van der Waals surface area contributed by atoms with E-state index in [0.29, 0.717) is 23.7 Å². The molecule has 2 aromatic carbocycles. The predicted octanol–water partition coefficient (Wildman–Crippen LogP) is 3.32. The number of rotatable bonds is 8. The van der Waals surface area contributed by atoms with Crippen LogP contribution in [-0.4, -0.2) is 25.0 Å². The Labute approximate surface area is 159 Å². The van der Waals surface area contributed by atoms with Crippen LogP contribution in [0.3, 0.4) is 0 Å². The van der Waals surface area contributed by atoms with Gasteiger partial charge in [0.25, 0.3) is 11.8 Å². The van der Waals surface area contributed by atoms with Crippen molar-refractivity contribution in [2.24, 2.45) is 0 Å². The van der Waals surface area contributed by atoms with Crippen molar-refractivity contribution in [1.82, 2.24) is 10.9 Å². The molecular weight excluding hydrogens is 344 g/mol. The van der Waals surface area contributed by atoms with Gasteiger partial charge in [0.05, 0.1) is 6.61 Å². The number of carbonyl (C=O) groups excluding carboxylic acids is 2. The Balaban J connectivity index is 1.80. The fourth-order valence-electron chi connectivity index (χ4n) is 2.46. The second kappa shape index (κ2) is 10.2. The summed E-state index contributed by atoms with van der Waals surface area (Å²) >= 11 is 0. The fourth-order valence-corrected chi connectivity index (χ4v) is 2.46. The minimum absolute atomic E-state index is 0.191. The van der Waals surface area contributed by atoms with Crippen LogP contribution in [0.1, 0.15) is 41.3 Å². The van der Waals surface area contributed by atoms with Crippen LogP contribution in [-0.2, 0) is 4.79 Å². The van der Waals surface area contributed by atoms with E-state index in [1.165, 1.54) is 0 Å². The molecule has 2 aromatic rings. The van der Waals surface area contributed by atoms with Gasteiger partial charge in [0.1, 0.15) is 11.5 Å². The molecule has 0 aliphatic rings. The number of amides is 2. The SMILES string of the molecule is CCCCOc1cccc(C(=O)NNC(=O)COc2cc(C)cc(C)c2)c1. The fraction of sp³-hybridized carbons (Fsp3) is 0.333. The molecule has 144 valence electrons. The van der Waals surface area contributed by atoms with E-state index in [1.54, 1.807) is 24.3 Å². The van der Waals surface area contributed by atoms with Crippen LogP contribution in [0.5, 0.6) is 11.5 Å². The standard InChI is InChI=1S/C21H26N2O4/c1-4-5-9-26-18-8-6-7-17(13-18)21(25)23-22-20(24)14-27-19-11-15(2)10-16(3)12-19/h6-8,10-13H,4-5,9,14H2,1-3H3,(H,22,24)(H,23,25). The van der Waals surface area contributed by atoms with Crippen molar-refractivity contribution in [2.75, 3.05) is 13.2 Å². The van der Waals surface area contributed by atoms with Crippen molar-refractivity contribution in [1.29, 1.82) is 0 Å². The molecule has 0 fully saturated rings. The summed E-state index contributed by atoms with van der Waals surface area (Å²) < 4.78 is 11.0. The van der Waals surface area contributed by atoms with Crippen molar-refractivity contribution in [3.05, 3.63) is 59.2 Å². The van der Waals surface area contributed by atoms with Crippen LogP contribution in [0.25, 0.3) is 0 Å². The molecule has 0 aromatic heterocycles. The highest BCUT2D eigenvalue weighted by Crippen LogP contribution is 2.16. The summed E-state index contributed by atoms with van der Waals surface area (Å²) in [5.41, 5.74) is 7.24. The first-order chi connectivity index (χ1) is 13.0. The number of hydrogen-bond acceptors (Lipinski definition) is 4. The van der Waals surface area contributed by atoms with Gasteiger partial charge in [-0.15, -0.1) is 0 Å². The Morgan fingerprint density at radius 1 is 0.926 bits per heavy atom. The molecule has 0 aliphatic heterocycles. The summed E-state index contributed by atoms with van der Waals surface area (Å²) in [5.74, 6) is 0.375. The highest BCUT2D eigenvalue weighted by Gasteiger charge is 2.09. The molecule has 0 radical (unpaired) electrons. The van der Waals surface area contributed by atoms with Gasteiger partial charge < -0.3 is 9.47 Å². The van der Waals surface area contributed by atoms with Crippen LogP contribution in [0, 0.1) is 13.8 Å². The van der Waals surface area contributed by atoms with E-state index in [9.17, 15) is 9.59 Å². The van der Waals surface area contributed by atoms with Gasteiger partial charge in [0.2, 0.25) is 0 Å². The van der Waals surface area contributed by atoms with Crippen LogP contribution in [0.15, 0.2) is 42.5 Å². The molecule has 6 nitrogen and oxygen atoms in total. The van der Waals surface area contributed by atoms with E-state index >= 15 is 0 Å². The number of unbranched alkanes of at least 4 members (excludes halogenated alkanes) is 1. The molecule has 0 saturated carbocycles. The molecule has 0 unspecified atom stereocenters. The Hall–Kier alpha value is -3.02. The highest BCUT2D eigenvalue weighted by molar-refractivity contribution is 5.95. The number of carbonyl (C=O) groups is 2. The summed E-state index contributed by atoms with van der Waals surface area (Å²) in [6, 6.07) is 12.5. The van der Waals surface area contributed by atoms with Crippen molar-refractivity contribution in [3.63, 3.8) is 0 Å². The molecule has 0 bridgehead atoms. The van der Waals surface area contributed by atoms with Crippen LogP contribution in [0.2, 0.25) is 0 Å². The van der Waals surface area contributed by atoms with Crippen LogP contribution < -0.4 is 20.3 Å². The molecule has 2 rings (SSSR count). The van der Waals surface area contributed by atoms with Crippen molar-refractivity contribution in [2.45, 2.75) is 33.6 Å². The number of ether oxygens (including phenoxy) is 2. The van der Waals surface area contributed by atoms with E-state index < -0.39 is 11.8 Å². The topological polar surface area (TPSA) is 76.7 Å². The summed E-state index contributed by atoms with van der Waals surface area (Å²) in [6.07, 6.45) is 1.99. The zero-order valence-corrected chi connectivity index (χ0v) is 16.0. The zero-order valence-electron chi connectivity index (χ0n) is 16.0. The Kier molecular flexibility index (Phi) is 7.67. The van der Waals surface area contributed by atoms with Crippen LogP contribution in [0.4, 0.5) is 0 Å². The summed E-state index contributed by atoms with van der Waals surface area (Å²) in [5, 5.41) is 0. The maximum absolute atomic E-state index is 12.2. The van der Waals surface area contributed by atoms with Gasteiger partial charge in [-0.05, 0) is 61.7 Å².